The van der Waals surface area contributed by atoms with E-state index in [-0.39, 0.29) is 0 Å². The summed E-state index contributed by atoms with van der Waals surface area (Å²) in [7, 11) is 0. The SMILES string of the molecule is [CH2]c1cc(OCC(C)C)cc(C2CC2)c1. The van der Waals surface area contributed by atoms with Crippen LogP contribution in [0.2, 0.25) is 0 Å². The van der Waals surface area contributed by atoms with Crippen LogP contribution in [0.3, 0.4) is 0 Å². The van der Waals surface area contributed by atoms with E-state index in [4.69, 9.17) is 4.74 Å². The van der Waals surface area contributed by atoms with Crippen molar-refractivity contribution in [1.82, 2.24) is 0 Å². The first-order valence-electron chi connectivity index (χ1n) is 5.75. The lowest BCUT2D eigenvalue weighted by Gasteiger charge is -2.11. The first-order chi connectivity index (χ1) is 7.15. The Bertz CT molecular complexity index is 337. The number of hydrogen-bond donors (Lipinski definition) is 0. The van der Waals surface area contributed by atoms with Gasteiger partial charge in [-0.15, -0.1) is 0 Å². The standard InChI is InChI=1S/C14H19O/c1-10(2)9-15-14-7-11(3)6-13(8-14)12-4-5-12/h6-8,10,12H,3-5,9H2,1-2H3. The Hall–Kier alpha value is -0.980. The van der Waals surface area contributed by atoms with Gasteiger partial charge in [-0.2, -0.15) is 0 Å². The van der Waals surface area contributed by atoms with Crippen LogP contribution in [0.25, 0.3) is 0 Å². The van der Waals surface area contributed by atoms with E-state index in [2.05, 4.69) is 32.9 Å². The molecular formula is C14H19O. The molecule has 0 aliphatic heterocycles. The van der Waals surface area contributed by atoms with Gasteiger partial charge in [0, 0.05) is 0 Å². The predicted molar refractivity (Wildman–Crippen MR) is 63.2 cm³/mol. The molecule has 1 fully saturated rings. The summed E-state index contributed by atoms with van der Waals surface area (Å²) >= 11 is 0. The fraction of sp³-hybridized carbons (Fsp3) is 0.500. The van der Waals surface area contributed by atoms with Crippen LogP contribution in [-0.4, -0.2) is 6.61 Å². The van der Waals surface area contributed by atoms with Crippen LogP contribution in [-0.2, 0) is 0 Å². The lowest BCUT2D eigenvalue weighted by Crippen LogP contribution is -2.04. The van der Waals surface area contributed by atoms with Gasteiger partial charge in [-0.05, 0) is 54.9 Å². The van der Waals surface area contributed by atoms with Crippen molar-refractivity contribution in [2.45, 2.75) is 32.6 Å². The first-order valence-corrected chi connectivity index (χ1v) is 5.75. The Balaban J connectivity index is 2.09. The zero-order valence-corrected chi connectivity index (χ0v) is 9.62. The minimum absolute atomic E-state index is 0.572. The Kier molecular flexibility index (Phi) is 2.99. The number of rotatable bonds is 4. The van der Waals surface area contributed by atoms with E-state index in [1.165, 1.54) is 18.4 Å². The highest BCUT2D eigenvalue weighted by Crippen LogP contribution is 2.41. The molecule has 0 N–H and O–H groups in total. The van der Waals surface area contributed by atoms with Gasteiger partial charge in [0.1, 0.15) is 5.75 Å². The maximum absolute atomic E-state index is 5.73. The lowest BCUT2D eigenvalue weighted by atomic mass is 10.1. The molecule has 0 saturated heterocycles. The van der Waals surface area contributed by atoms with Gasteiger partial charge in [-0.1, -0.05) is 19.9 Å². The normalized spacial score (nSPS) is 15.7. The molecule has 0 unspecified atom stereocenters. The molecule has 1 heteroatoms. The largest absolute Gasteiger partial charge is 0.493 e. The summed E-state index contributed by atoms with van der Waals surface area (Å²) in [5.41, 5.74) is 2.47. The highest BCUT2D eigenvalue weighted by Gasteiger charge is 2.24. The van der Waals surface area contributed by atoms with Gasteiger partial charge in [0.25, 0.3) is 0 Å². The second-order valence-electron chi connectivity index (χ2n) is 4.89. The van der Waals surface area contributed by atoms with Crippen molar-refractivity contribution in [1.29, 1.82) is 0 Å². The molecule has 0 bridgehead atoms. The smallest absolute Gasteiger partial charge is 0.119 e. The highest BCUT2D eigenvalue weighted by molar-refractivity contribution is 5.39. The van der Waals surface area contributed by atoms with Gasteiger partial charge < -0.3 is 4.74 Å². The fourth-order valence-corrected chi connectivity index (χ4v) is 1.68. The van der Waals surface area contributed by atoms with Crippen molar-refractivity contribution in [3.8, 4) is 5.75 Å². The van der Waals surface area contributed by atoms with E-state index >= 15 is 0 Å². The van der Waals surface area contributed by atoms with Crippen LogP contribution >= 0.6 is 0 Å². The molecule has 0 atom stereocenters. The molecule has 1 aliphatic rings. The maximum atomic E-state index is 5.73. The molecule has 0 spiro atoms. The molecule has 0 amide bonds. The van der Waals surface area contributed by atoms with E-state index in [9.17, 15) is 0 Å². The predicted octanol–water partition coefficient (Wildman–Crippen LogP) is 3.78. The van der Waals surface area contributed by atoms with Gasteiger partial charge in [0.05, 0.1) is 6.61 Å². The Morgan fingerprint density at radius 2 is 2.07 bits per heavy atom. The molecule has 1 aromatic rings. The molecular weight excluding hydrogens is 184 g/mol. The molecule has 81 valence electrons. The third-order valence-corrected chi connectivity index (χ3v) is 2.62. The summed E-state index contributed by atoms with van der Waals surface area (Å²) in [5, 5.41) is 0. The number of hydrogen-bond acceptors (Lipinski definition) is 1. The molecule has 1 radical (unpaired) electrons. The zero-order chi connectivity index (χ0) is 10.8. The fourth-order valence-electron chi connectivity index (χ4n) is 1.68. The van der Waals surface area contributed by atoms with Crippen LogP contribution in [0.15, 0.2) is 18.2 Å². The molecule has 0 aromatic heterocycles. The van der Waals surface area contributed by atoms with E-state index < -0.39 is 0 Å². The molecule has 15 heavy (non-hydrogen) atoms. The number of benzene rings is 1. The summed E-state index contributed by atoms with van der Waals surface area (Å²) < 4.78 is 5.73. The molecule has 1 nitrogen and oxygen atoms in total. The minimum Gasteiger partial charge on any atom is -0.493 e. The van der Waals surface area contributed by atoms with Crippen molar-refractivity contribution in [2.24, 2.45) is 5.92 Å². The van der Waals surface area contributed by atoms with Crippen LogP contribution in [0.5, 0.6) is 5.75 Å². The topological polar surface area (TPSA) is 9.23 Å². The third kappa shape index (κ3) is 2.98. The van der Waals surface area contributed by atoms with Crippen molar-refractivity contribution in [2.75, 3.05) is 6.61 Å². The van der Waals surface area contributed by atoms with E-state index in [0.717, 1.165) is 23.8 Å². The average Bonchev–Trinajstić information content (AvgIpc) is 2.97. The lowest BCUT2D eigenvalue weighted by molar-refractivity contribution is 0.271. The summed E-state index contributed by atoms with van der Waals surface area (Å²) in [4.78, 5) is 0. The Morgan fingerprint density at radius 1 is 1.33 bits per heavy atom. The van der Waals surface area contributed by atoms with Crippen LogP contribution in [0.4, 0.5) is 0 Å². The van der Waals surface area contributed by atoms with Gasteiger partial charge in [-0.25, -0.2) is 0 Å². The van der Waals surface area contributed by atoms with Crippen molar-refractivity contribution in [3.63, 3.8) is 0 Å². The minimum atomic E-state index is 0.572. The monoisotopic (exact) mass is 203 g/mol. The zero-order valence-electron chi connectivity index (χ0n) is 9.62. The highest BCUT2D eigenvalue weighted by atomic mass is 16.5. The molecule has 1 aliphatic carbocycles. The van der Waals surface area contributed by atoms with Crippen molar-refractivity contribution < 1.29 is 4.74 Å². The van der Waals surface area contributed by atoms with Gasteiger partial charge in [-0.3, -0.25) is 0 Å². The average molecular weight is 203 g/mol. The third-order valence-electron chi connectivity index (χ3n) is 2.62. The summed E-state index contributed by atoms with van der Waals surface area (Å²) in [6, 6.07) is 6.38. The number of ether oxygens (including phenoxy) is 1. The van der Waals surface area contributed by atoms with Gasteiger partial charge >= 0.3 is 0 Å². The molecule has 2 rings (SSSR count). The van der Waals surface area contributed by atoms with E-state index in [1.54, 1.807) is 0 Å². The van der Waals surface area contributed by atoms with Crippen LogP contribution < -0.4 is 4.74 Å². The quantitative estimate of drug-likeness (QED) is 0.723. The van der Waals surface area contributed by atoms with Gasteiger partial charge in [0.15, 0.2) is 0 Å². The summed E-state index contributed by atoms with van der Waals surface area (Å²) in [6.07, 6.45) is 2.65. The Morgan fingerprint density at radius 3 is 2.67 bits per heavy atom. The molecule has 1 aromatic carbocycles. The van der Waals surface area contributed by atoms with Crippen molar-refractivity contribution >= 4 is 0 Å². The van der Waals surface area contributed by atoms with Crippen molar-refractivity contribution in [3.05, 3.63) is 36.2 Å². The van der Waals surface area contributed by atoms with E-state index in [0.29, 0.717) is 5.92 Å². The Labute approximate surface area is 92.5 Å². The first kappa shape index (κ1) is 10.5. The summed E-state index contributed by atoms with van der Waals surface area (Å²) in [5.74, 6) is 2.33. The summed E-state index contributed by atoms with van der Waals surface area (Å²) in [6.45, 7) is 9.11. The maximum Gasteiger partial charge on any atom is 0.119 e. The van der Waals surface area contributed by atoms with Crippen LogP contribution in [0, 0.1) is 12.8 Å². The van der Waals surface area contributed by atoms with Crippen LogP contribution in [0.1, 0.15) is 43.7 Å². The molecule has 0 heterocycles. The van der Waals surface area contributed by atoms with E-state index in [1.807, 2.05) is 6.07 Å². The second-order valence-corrected chi connectivity index (χ2v) is 4.89. The molecule has 1 saturated carbocycles. The second kappa shape index (κ2) is 4.26. The van der Waals surface area contributed by atoms with Gasteiger partial charge in [0.2, 0.25) is 0 Å².